The fraction of sp³-hybridized carbons (Fsp3) is 0. The van der Waals surface area contributed by atoms with Gasteiger partial charge in [0.1, 0.15) is 11.2 Å². The van der Waals surface area contributed by atoms with Crippen LogP contribution >= 0.6 is 0 Å². The van der Waals surface area contributed by atoms with Crippen molar-refractivity contribution >= 4 is 71.3 Å². The van der Waals surface area contributed by atoms with Crippen molar-refractivity contribution in [3.05, 3.63) is 188 Å². The second kappa shape index (κ2) is 11.5. The third kappa shape index (κ3) is 4.65. The minimum Gasteiger partial charge on any atom is -0.456 e. The Labute approximate surface area is 290 Å². The maximum absolute atomic E-state index is 6.62. The van der Waals surface area contributed by atoms with Crippen LogP contribution < -0.4 is 4.90 Å². The zero-order valence-electron chi connectivity index (χ0n) is 27.3. The van der Waals surface area contributed by atoms with Gasteiger partial charge in [0.15, 0.2) is 0 Å². The molecule has 0 atom stereocenters. The summed E-state index contributed by atoms with van der Waals surface area (Å²) in [7, 11) is 0. The summed E-state index contributed by atoms with van der Waals surface area (Å²) in [6, 6.07) is 67.4. The highest BCUT2D eigenvalue weighted by Crippen LogP contribution is 2.44. The van der Waals surface area contributed by atoms with Crippen LogP contribution in [-0.4, -0.2) is 0 Å². The van der Waals surface area contributed by atoms with Crippen LogP contribution in [0.1, 0.15) is 0 Å². The molecule has 50 heavy (non-hydrogen) atoms. The van der Waals surface area contributed by atoms with E-state index in [1.807, 2.05) is 0 Å². The molecule has 10 rings (SSSR count). The molecule has 0 aliphatic heterocycles. The molecule has 0 fully saturated rings. The Hall–Kier alpha value is -6.64. The largest absolute Gasteiger partial charge is 0.456 e. The van der Waals surface area contributed by atoms with Crippen molar-refractivity contribution in [1.29, 1.82) is 0 Å². The summed E-state index contributed by atoms with van der Waals surface area (Å²) in [5.74, 6) is 0. The molecule has 0 amide bonds. The highest BCUT2D eigenvalue weighted by atomic mass is 16.3. The first-order chi connectivity index (χ1) is 24.8. The Balaban J connectivity index is 1.20. The van der Waals surface area contributed by atoms with E-state index in [0.717, 1.165) is 39.0 Å². The third-order valence-electron chi connectivity index (χ3n) is 10.0. The van der Waals surface area contributed by atoms with Gasteiger partial charge >= 0.3 is 0 Å². The number of hydrogen-bond acceptors (Lipinski definition) is 2. The number of fused-ring (bicyclic) bond motifs is 8. The quantitative estimate of drug-likeness (QED) is 0.175. The molecule has 0 N–H and O–H groups in total. The van der Waals surface area contributed by atoms with E-state index in [2.05, 4.69) is 193 Å². The van der Waals surface area contributed by atoms with Crippen molar-refractivity contribution in [2.75, 3.05) is 4.90 Å². The molecule has 2 heteroatoms. The minimum atomic E-state index is 0.878. The Bertz CT molecular complexity index is 2850. The van der Waals surface area contributed by atoms with E-state index in [1.165, 1.54) is 54.6 Å². The molecule has 234 valence electrons. The maximum atomic E-state index is 6.62. The molecule has 2 nitrogen and oxygen atoms in total. The molecule has 0 unspecified atom stereocenters. The van der Waals surface area contributed by atoms with Gasteiger partial charge in [0.25, 0.3) is 0 Å². The van der Waals surface area contributed by atoms with Gasteiger partial charge in [-0.1, -0.05) is 140 Å². The first-order valence-electron chi connectivity index (χ1n) is 17.1. The van der Waals surface area contributed by atoms with Crippen molar-refractivity contribution in [2.45, 2.75) is 0 Å². The summed E-state index contributed by atoms with van der Waals surface area (Å²) in [6.45, 7) is 0. The van der Waals surface area contributed by atoms with Crippen molar-refractivity contribution in [3.8, 4) is 22.3 Å². The van der Waals surface area contributed by atoms with Crippen LogP contribution in [0.3, 0.4) is 0 Å². The average Bonchev–Trinajstić information content (AvgIpc) is 3.57. The summed E-state index contributed by atoms with van der Waals surface area (Å²) < 4.78 is 6.62. The smallest absolute Gasteiger partial charge is 0.136 e. The van der Waals surface area contributed by atoms with E-state index in [1.54, 1.807) is 0 Å². The zero-order chi connectivity index (χ0) is 33.0. The number of hydrogen-bond donors (Lipinski definition) is 0. The fourth-order valence-corrected chi connectivity index (χ4v) is 7.63. The van der Waals surface area contributed by atoms with Crippen LogP contribution in [0, 0.1) is 0 Å². The lowest BCUT2D eigenvalue weighted by atomic mass is 9.95. The Kier molecular flexibility index (Phi) is 6.53. The van der Waals surface area contributed by atoms with Crippen molar-refractivity contribution in [3.63, 3.8) is 0 Å². The fourth-order valence-electron chi connectivity index (χ4n) is 7.63. The standard InChI is InChI=1S/C48H31NO/c1-3-11-32(12-4-1)33-21-24-37(25-22-33)49(38-26-23-36-20-19-35-15-7-8-16-40(35)43(36)29-38)39-27-28-46-45(30-39)48-42-18-10-9-17-41(42)44(31-47(48)50-46)34-13-5-2-6-14-34/h1-31H. The number of anilines is 3. The Morgan fingerprint density at radius 2 is 0.860 bits per heavy atom. The first-order valence-corrected chi connectivity index (χ1v) is 17.1. The van der Waals surface area contributed by atoms with Crippen molar-refractivity contribution in [1.82, 2.24) is 0 Å². The Morgan fingerprint density at radius 3 is 1.62 bits per heavy atom. The molecular weight excluding hydrogens is 607 g/mol. The van der Waals surface area contributed by atoms with Gasteiger partial charge in [-0.05, 0) is 103 Å². The van der Waals surface area contributed by atoms with Gasteiger partial charge in [0.2, 0.25) is 0 Å². The van der Waals surface area contributed by atoms with Gasteiger partial charge in [0, 0.05) is 27.8 Å². The predicted molar refractivity (Wildman–Crippen MR) is 212 cm³/mol. The number of benzene rings is 9. The van der Waals surface area contributed by atoms with Crippen LogP contribution in [0.5, 0.6) is 0 Å². The lowest BCUT2D eigenvalue weighted by Crippen LogP contribution is -2.09. The van der Waals surface area contributed by atoms with Crippen LogP contribution in [0.4, 0.5) is 17.1 Å². The summed E-state index contributed by atoms with van der Waals surface area (Å²) in [5, 5.41) is 9.60. The SMILES string of the molecule is c1ccc(-c2ccc(N(c3ccc4ccc5ccccc5c4c3)c3ccc4oc5cc(-c6ccccc6)c6ccccc6c5c4c3)cc2)cc1. The van der Waals surface area contributed by atoms with Gasteiger partial charge in [-0.3, -0.25) is 0 Å². The van der Waals surface area contributed by atoms with Crippen LogP contribution in [0.25, 0.3) is 76.5 Å². The lowest BCUT2D eigenvalue weighted by molar-refractivity contribution is 0.669. The molecule has 0 spiro atoms. The van der Waals surface area contributed by atoms with Crippen LogP contribution in [0.15, 0.2) is 192 Å². The molecule has 0 aliphatic carbocycles. The Morgan fingerprint density at radius 1 is 0.320 bits per heavy atom. The summed E-state index contributed by atoms with van der Waals surface area (Å²) in [4.78, 5) is 2.37. The molecule has 1 aromatic heterocycles. The molecule has 0 saturated heterocycles. The molecule has 0 bridgehead atoms. The second-order valence-corrected chi connectivity index (χ2v) is 12.9. The van der Waals surface area contributed by atoms with Gasteiger partial charge < -0.3 is 9.32 Å². The summed E-state index contributed by atoms with van der Waals surface area (Å²) in [6.07, 6.45) is 0. The van der Waals surface area contributed by atoms with Crippen molar-refractivity contribution in [2.24, 2.45) is 0 Å². The maximum Gasteiger partial charge on any atom is 0.136 e. The van der Waals surface area contributed by atoms with E-state index in [9.17, 15) is 0 Å². The van der Waals surface area contributed by atoms with Crippen molar-refractivity contribution < 1.29 is 4.42 Å². The third-order valence-corrected chi connectivity index (χ3v) is 10.0. The second-order valence-electron chi connectivity index (χ2n) is 12.9. The minimum absolute atomic E-state index is 0.878. The van der Waals surface area contributed by atoms with Crippen LogP contribution in [-0.2, 0) is 0 Å². The van der Waals surface area contributed by atoms with Gasteiger partial charge in [-0.15, -0.1) is 0 Å². The van der Waals surface area contributed by atoms with Gasteiger partial charge in [-0.25, -0.2) is 0 Å². The molecule has 10 aromatic rings. The molecular formula is C48H31NO. The normalized spacial score (nSPS) is 11.6. The molecule has 0 aliphatic rings. The zero-order valence-corrected chi connectivity index (χ0v) is 27.3. The molecule has 9 aromatic carbocycles. The highest BCUT2D eigenvalue weighted by molar-refractivity contribution is 6.22. The van der Waals surface area contributed by atoms with Gasteiger partial charge in [0.05, 0.1) is 0 Å². The van der Waals surface area contributed by atoms with E-state index >= 15 is 0 Å². The number of rotatable bonds is 5. The first kappa shape index (κ1) is 28.4. The molecule has 0 saturated carbocycles. The molecule has 1 heterocycles. The number of nitrogens with zero attached hydrogens (tertiary/aromatic N) is 1. The number of furan rings is 1. The summed E-state index contributed by atoms with van der Waals surface area (Å²) >= 11 is 0. The highest BCUT2D eigenvalue weighted by Gasteiger charge is 2.19. The topological polar surface area (TPSA) is 16.4 Å². The predicted octanol–water partition coefficient (Wildman–Crippen LogP) is 13.8. The van der Waals surface area contributed by atoms with E-state index in [-0.39, 0.29) is 0 Å². The van der Waals surface area contributed by atoms with E-state index < -0.39 is 0 Å². The monoisotopic (exact) mass is 637 g/mol. The van der Waals surface area contributed by atoms with E-state index in [0.29, 0.717) is 0 Å². The average molecular weight is 638 g/mol. The summed E-state index contributed by atoms with van der Waals surface area (Å²) in [5.41, 5.74) is 9.79. The molecule has 0 radical (unpaired) electrons. The van der Waals surface area contributed by atoms with Gasteiger partial charge in [-0.2, -0.15) is 0 Å². The van der Waals surface area contributed by atoms with Crippen LogP contribution in [0.2, 0.25) is 0 Å². The lowest BCUT2D eigenvalue weighted by Gasteiger charge is -2.26. The van der Waals surface area contributed by atoms with E-state index in [4.69, 9.17) is 4.42 Å².